The fourth-order valence-corrected chi connectivity index (χ4v) is 3.94. The minimum Gasteiger partial charge on any atom is -0.503 e. The first-order valence-electron chi connectivity index (χ1n) is 11.8. The van der Waals surface area contributed by atoms with Gasteiger partial charge in [0.1, 0.15) is 5.75 Å². The number of aryl methyl sites for hydroxylation is 1. The number of benzene rings is 1. The van der Waals surface area contributed by atoms with Gasteiger partial charge >= 0.3 is 0 Å². The second kappa shape index (κ2) is 12.1. The lowest BCUT2D eigenvalue weighted by Gasteiger charge is -2.13. The summed E-state index contributed by atoms with van der Waals surface area (Å²) in [5, 5.41) is 17.4. The maximum absolute atomic E-state index is 12.4. The van der Waals surface area contributed by atoms with Crippen LogP contribution in [0.2, 0.25) is 0 Å². The molecule has 34 heavy (non-hydrogen) atoms. The summed E-state index contributed by atoms with van der Waals surface area (Å²) in [5.41, 5.74) is 2.10. The number of nitrogens with one attached hydrogen (secondary N) is 2. The summed E-state index contributed by atoms with van der Waals surface area (Å²) in [6.07, 6.45) is 8.13. The first-order chi connectivity index (χ1) is 16.4. The van der Waals surface area contributed by atoms with Crippen molar-refractivity contribution >= 4 is 22.5 Å². The van der Waals surface area contributed by atoms with Gasteiger partial charge in [0.05, 0.1) is 12.6 Å². The number of hydrogen-bond donors (Lipinski definition) is 3. The average molecular weight is 467 g/mol. The Morgan fingerprint density at radius 3 is 2.50 bits per heavy atom. The molecule has 3 rings (SSSR count). The number of methoxy groups -OCH3 is 1. The largest absolute Gasteiger partial charge is 0.503 e. The Balaban J connectivity index is 1.30. The Morgan fingerprint density at radius 2 is 1.76 bits per heavy atom. The van der Waals surface area contributed by atoms with Gasteiger partial charge in [-0.2, -0.15) is 0 Å². The van der Waals surface area contributed by atoms with Crippen LogP contribution >= 0.6 is 0 Å². The molecule has 0 saturated carbocycles. The molecule has 0 atom stereocenters. The number of carbonyl (C=O) groups excluding carboxylic acids is 1. The molecule has 8 nitrogen and oxygen atoms in total. The number of hydrogen-bond acceptors (Lipinski definition) is 6. The van der Waals surface area contributed by atoms with Gasteiger partial charge in [0.2, 0.25) is 5.43 Å². The maximum Gasteiger partial charge on any atom is 0.271 e. The highest BCUT2D eigenvalue weighted by Gasteiger charge is 2.17. The topological polar surface area (TPSA) is 105 Å². The molecular weight excluding hydrogens is 432 g/mol. The number of aromatic nitrogens is 2. The highest BCUT2D eigenvalue weighted by atomic mass is 16.5. The van der Waals surface area contributed by atoms with Crippen molar-refractivity contribution in [1.29, 1.82) is 0 Å². The average Bonchev–Trinajstić information content (AvgIpc) is 2.83. The highest BCUT2D eigenvalue weighted by Crippen LogP contribution is 2.25. The molecule has 1 amide bonds. The number of amides is 1. The third-order valence-corrected chi connectivity index (χ3v) is 6.03. The first kappa shape index (κ1) is 25.1. The summed E-state index contributed by atoms with van der Waals surface area (Å²) in [6.45, 7) is 3.14. The number of unbranched alkanes of at least 4 members (excludes halogenated alkanes) is 5. The van der Waals surface area contributed by atoms with Crippen LogP contribution in [0, 0.1) is 6.92 Å². The summed E-state index contributed by atoms with van der Waals surface area (Å²) in [6, 6.07) is 9.23. The smallest absolute Gasteiger partial charge is 0.271 e. The van der Waals surface area contributed by atoms with Gasteiger partial charge < -0.3 is 25.0 Å². The Morgan fingerprint density at radius 1 is 1.06 bits per heavy atom. The molecule has 2 aromatic heterocycles. The van der Waals surface area contributed by atoms with Crippen LogP contribution in [0.1, 0.15) is 54.7 Å². The van der Waals surface area contributed by atoms with E-state index in [1.165, 1.54) is 10.6 Å². The van der Waals surface area contributed by atoms with E-state index < -0.39 is 17.1 Å². The van der Waals surface area contributed by atoms with Crippen LogP contribution in [0.4, 0.5) is 5.69 Å². The van der Waals surface area contributed by atoms with Gasteiger partial charge in [-0.05, 0) is 38.0 Å². The van der Waals surface area contributed by atoms with Crippen LogP contribution in [0.3, 0.4) is 0 Å². The number of aromatic hydroxyl groups is 1. The molecule has 0 aliphatic carbocycles. The first-order valence-corrected chi connectivity index (χ1v) is 11.8. The fraction of sp³-hybridized carbons (Fsp3) is 0.423. The summed E-state index contributed by atoms with van der Waals surface area (Å²) >= 11 is 0. The number of rotatable bonds is 12. The normalized spacial score (nSPS) is 10.9. The number of fused-ring (bicyclic) bond motifs is 1. The summed E-state index contributed by atoms with van der Waals surface area (Å²) in [5.74, 6) is -0.122. The monoisotopic (exact) mass is 466 g/mol. The second-order valence-electron chi connectivity index (χ2n) is 8.45. The molecule has 8 heteroatoms. The summed E-state index contributed by atoms with van der Waals surface area (Å²) < 4.78 is 6.80. The van der Waals surface area contributed by atoms with E-state index >= 15 is 0 Å². The van der Waals surface area contributed by atoms with Gasteiger partial charge in [0.15, 0.2) is 11.4 Å². The van der Waals surface area contributed by atoms with E-state index in [0.29, 0.717) is 12.2 Å². The van der Waals surface area contributed by atoms with Crippen molar-refractivity contribution in [2.45, 2.75) is 45.4 Å². The van der Waals surface area contributed by atoms with Crippen LogP contribution in [0.15, 0.2) is 41.3 Å². The van der Waals surface area contributed by atoms with Gasteiger partial charge in [-0.25, -0.2) is 0 Å². The van der Waals surface area contributed by atoms with E-state index in [1.54, 1.807) is 21.1 Å². The third-order valence-electron chi connectivity index (χ3n) is 6.03. The van der Waals surface area contributed by atoms with Gasteiger partial charge in [-0.15, -0.1) is 0 Å². The van der Waals surface area contributed by atoms with Gasteiger partial charge in [-0.3, -0.25) is 14.6 Å². The molecule has 0 aliphatic heterocycles. The van der Waals surface area contributed by atoms with Crippen LogP contribution in [0.5, 0.6) is 11.5 Å². The predicted octanol–water partition coefficient (Wildman–Crippen LogP) is 4.14. The number of carbonyl (C=O) groups is 1. The lowest BCUT2D eigenvalue weighted by molar-refractivity contribution is 0.0940. The number of ether oxygens (including phenoxy) is 1. The minimum absolute atomic E-state index is 0.0126. The molecule has 0 aliphatic rings. The van der Waals surface area contributed by atoms with Crippen LogP contribution in [0.25, 0.3) is 10.9 Å². The molecule has 0 bridgehead atoms. The molecule has 2 heterocycles. The molecule has 0 fully saturated rings. The van der Waals surface area contributed by atoms with Crippen molar-refractivity contribution in [2.24, 2.45) is 7.05 Å². The van der Waals surface area contributed by atoms with Crippen molar-refractivity contribution < 1.29 is 14.6 Å². The second-order valence-corrected chi connectivity index (χ2v) is 8.45. The number of nitrogens with zero attached hydrogens (tertiary/aromatic N) is 2. The minimum atomic E-state index is -0.535. The van der Waals surface area contributed by atoms with Gasteiger partial charge in [0, 0.05) is 55.2 Å². The lowest BCUT2D eigenvalue weighted by Crippen LogP contribution is -2.29. The SMILES string of the molecule is COc1ccc2c(NCCCCCCCCNC(=O)c3c(O)c(=O)cc(C)n3C)ccnc2c1. The molecule has 182 valence electrons. The molecular formula is C26H34N4O4. The highest BCUT2D eigenvalue weighted by molar-refractivity contribution is 5.95. The zero-order chi connectivity index (χ0) is 24.5. The van der Waals surface area contributed by atoms with E-state index in [0.717, 1.165) is 67.4 Å². The molecule has 3 N–H and O–H groups in total. The van der Waals surface area contributed by atoms with Crippen molar-refractivity contribution in [3.8, 4) is 11.5 Å². The van der Waals surface area contributed by atoms with Crippen LogP contribution in [-0.2, 0) is 7.05 Å². The van der Waals surface area contributed by atoms with Gasteiger partial charge in [0.25, 0.3) is 5.91 Å². The standard InChI is InChI=1S/C26H34N4O4/c1-18-16-23(31)25(32)24(30(18)2)26(33)29-14-9-7-5-4-6-8-13-27-21-12-15-28-22-17-19(34-3)10-11-20(21)22/h10-12,15-17,32H,4-9,13-14H2,1-3H3,(H,27,28)(H,29,33). The zero-order valence-electron chi connectivity index (χ0n) is 20.2. The fourth-order valence-electron chi connectivity index (χ4n) is 3.94. The van der Waals surface area contributed by atoms with E-state index in [2.05, 4.69) is 15.6 Å². The number of anilines is 1. The summed E-state index contributed by atoms with van der Waals surface area (Å²) in [4.78, 5) is 28.5. The number of pyridine rings is 2. The van der Waals surface area contributed by atoms with Crippen molar-refractivity contribution in [3.05, 3.63) is 58.1 Å². The Labute approximate surface area is 200 Å². The Kier molecular flexibility index (Phi) is 8.90. The predicted molar refractivity (Wildman–Crippen MR) is 135 cm³/mol. The van der Waals surface area contributed by atoms with E-state index in [9.17, 15) is 14.7 Å². The summed E-state index contributed by atoms with van der Waals surface area (Å²) in [7, 11) is 3.31. The molecule has 0 spiro atoms. The van der Waals surface area contributed by atoms with Crippen molar-refractivity contribution in [3.63, 3.8) is 0 Å². The third kappa shape index (κ3) is 6.27. The van der Waals surface area contributed by atoms with Crippen molar-refractivity contribution in [2.75, 3.05) is 25.5 Å². The maximum atomic E-state index is 12.4. The van der Waals surface area contributed by atoms with Crippen molar-refractivity contribution in [1.82, 2.24) is 14.9 Å². The van der Waals surface area contributed by atoms with Crippen LogP contribution in [-0.4, -0.2) is 40.8 Å². The van der Waals surface area contributed by atoms with Crippen LogP contribution < -0.4 is 20.8 Å². The molecule has 1 aromatic carbocycles. The Hall–Kier alpha value is -3.55. The zero-order valence-corrected chi connectivity index (χ0v) is 20.2. The quantitative estimate of drug-likeness (QED) is 0.347. The molecule has 3 aromatic rings. The molecule has 0 saturated heterocycles. The Bertz CT molecular complexity index is 1190. The molecule has 0 unspecified atom stereocenters. The van der Waals surface area contributed by atoms with E-state index in [-0.39, 0.29) is 5.69 Å². The van der Waals surface area contributed by atoms with E-state index in [4.69, 9.17) is 4.74 Å². The molecule has 0 radical (unpaired) electrons. The lowest BCUT2D eigenvalue weighted by atomic mass is 10.1. The van der Waals surface area contributed by atoms with Gasteiger partial charge in [-0.1, -0.05) is 25.7 Å². The van der Waals surface area contributed by atoms with E-state index in [1.807, 2.05) is 30.5 Å².